The quantitative estimate of drug-likeness (QED) is 0.916. The number of hydrogen-bond donors (Lipinski definition) is 1. The number of rotatable bonds is 3. The molecule has 2 fully saturated rings. The fourth-order valence-electron chi connectivity index (χ4n) is 4.11. The van der Waals surface area contributed by atoms with E-state index in [1.54, 1.807) is 48.5 Å². The van der Waals surface area contributed by atoms with Crippen molar-refractivity contribution in [2.24, 2.45) is 7.05 Å². The van der Waals surface area contributed by atoms with E-state index in [2.05, 4.69) is 15.4 Å². The molecule has 1 N–H and O–H groups in total. The summed E-state index contributed by atoms with van der Waals surface area (Å²) in [4.78, 5) is 31.2. The molecule has 4 rings (SSSR count). The maximum Gasteiger partial charge on any atom is 0.272 e. The third-order valence-corrected chi connectivity index (χ3v) is 5.29. The van der Waals surface area contributed by atoms with Gasteiger partial charge in [0.2, 0.25) is 0 Å². The summed E-state index contributed by atoms with van der Waals surface area (Å²) in [6.45, 7) is 0. The largest absolute Gasteiger partial charge is 0.349 e. The average Bonchev–Trinajstić information content (AvgIpc) is 3.16. The van der Waals surface area contributed by atoms with Gasteiger partial charge in [-0.05, 0) is 43.9 Å². The van der Waals surface area contributed by atoms with Gasteiger partial charge < -0.3 is 10.2 Å². The van der Waals surface area contributed by atoms with Crippen LogP contribution in [0.5, 0.6) is 0 Å². The van der Waals surface area contributed by atoms with Crippen LogP contribution in [0.15, 0.2) is 36.8 Å². The third-order valence-electron chi connectivity index (χ3n) is 5.29. The van der Waals surface area contributed by atoms with Gasteiger partial charge in [-0.25, -0.2) is 0 Å². The van der Waals surface area contributed by atoms with E-state index in [9.17, 15) is 9.59 Å². The van der Waals surface area contributed by atoms with Crippen LogP contribution < -0.4 is 5.32 Å². The number of pyridine rings is 1. The van der Waals surface area contributed by atoms with Crippen molar-refractivity contribution in [3.05, 3.63) is 48.0 Å². The molecule has 2 aliphatic rings. The second kappa shape index (κ2) is 6.31. The molecule has 2 saturated heterocycles. The fourth-order valence-corrected chi connectivity index (χ4v) is 4.11. The van der Waals surface area contributed by atoms with E-state index in [1.165, 1.54) is 0 Å². The average molecular weight is 339 g/mol. The van der Waals surface area contributed by atoms with E-state index in [-0.39, 0.29) is 29.9 Å². The summed E-state index contributed by atoms with van der Waals surface area (Å²) >= 11 is 0. The number of amides is 2. The van der Waals surface area contributed by atoms with Crippen molar-refractivity contribution in [3.63, 3.8) is 0 Å². The van der Waals surface area contributed by atoms with Gasteiger partial charge in [0, 0.05) is 49.3 Å². The standard InChI is InChI=1S/C18H21N5O2/c1-22-16(6-9-20-22)18(25)23-14-2-3-15(23)11-13(10-14)21-17(24)12-4-7-19-8-5-12/h4-9,13-15H,2-3,10-11H2,1H3,(H,21,24)/t13?,14-,15+. The molecule has 2 aromatic rings. The van der Waals surface area contributed by atoms with Crippen LogP contribution in [0.2, 0.25) is 0 Å². The summed E-state index contributed by atoms with van der Waals surface area (Å²) in [5.74, 6) is -0.0235. The Kier molecular flexibility index (Phi) is 3.99. The van der Waals surface area contributed by atoms with E-state index >= 15 is 0 Å². The summed E-state index contributed by atoms with van der Waals surface area (Å²) in [6, 6.07) is 5.66. The summed E-state index contributed by atoms with van der Waals surface area (Å²) in [7, 11) is 1.79. The summed E-state index contributed by atoms with van der Waals surface area (Å²) in [5.41, 5.74) is 1.24. The molecule has 0 saturated carbocycles. The molecular formula is C18H21N5O2. The van der Waals surface area contributed by atoms with Gasteiger partial charge in [-0.1, -0.05) is 0 Å². The Labute approximate surface area is 146 Å². The summed E-state index contributed by atoms with van der Waals surface area (Å²) < 4.78 is 1.62. The molecule has 2 aliphatic heterocycles. The molecule has 0 spiro atoms. The molecular weight excluding hydrogens is 318 g/mol. The Morgan fingerprint density at radius 3 is 2.36 bits per heavy atom. The number of fused-ring (bicyclic) bond motifs is 2. The number of hydrogen-bond acceptors (Lipinski definition) is 4. The number of carbonyl (C=O) groups excluding carboxylic acids is 2. The predicted molar refractivity (Wildman–Crippen MR) is 90.9 cm³/mol. The molecule has 0 aliphatic carbocycles. The van der Waals surface area contributed by atoms with Gasteiger partial charge in [0.1, 0.15) is 5.69 Å². The smallest absolute Gasteiger partial charge is 0.272 e. The van der Waals surface area contributed by atoms with Crippen LogP contribution in [0, 0.1) is 0 Å². The molecule has 2 amide bonds. The summed E-state index contributed by atoms with van der Waals surface area (Å²) in [5, 5.41) is 7.22. The number of carbonyl (C=O) groups is 2. The summed E-state index contributed by atoms with van der Waals surface area (Å²) in [6.07, 6.45) is 8.48. The van der Waals surface area contributed by atoms with Gasteiger partial charge >= 0.3 is 0 Å². The third kappa shape index (κ3) is 2.90. The lowest BCUT2D eigenvalue weighted by Gasteiger charge is -2.39. The number of nitrogens with one attached hydrogen (secondary N) is 1. The van der Waals surface area contributed by atoms with Crippen LogP contribution in [0.25, 0.3) is 0 Å². The van der Waals surface area contributed by atoms with E-state index in [0.29, 0.717) is 11.3 Å². The number of piperidine rings is 1. The van der Waals surface area contributed by atoms with E-state index in [4.69, 9.17) is 0 Å². The Morgan fingerprint density at radius 2 is 1.76 bits per heavy atom. The maximum atomic E-state index is 12.9. The lowest BCUT2D eigenvalue weighted by Crippen LogP contribution is -2.52. The van der Waals surface area contributed by atoms with Crippen molar-refractivity contribution in [1.29, 1.82) is 0 Å². The first kappa shape index (κ1) is 15.8. The van der Waals surface area contributed by atoms with Gasteiger partial charge in [-0.2, -0.15) is 5.10 Å². The first-order valence-electron chi connectivity index (χ1n) is 8.65. The molecule has 25 heavy (non-hydrogen) atoms. The minimum absolute atomic E-state index is 0.0476. The molecule has 4 heterocycles. The van der Waals surface area contributed by atoms with E-state index in [0.717, 1.165) is 25.7 Å². The highest BCUT2D eigenvalue weighted by Gasteiger charge is 2.44. The number of aromatic nitrogens is 3. The lowest BCUT2D eigenvalue weighted by molar-refractivity contribution is 0.0539. The molecule has 1 unspecified atom stereocenters. The molecule has 2 bridgehead atoms. The van der Waals surface area contributed by atoms with Gasteiger partial charge in [0.25, 0.3) is 11.8 Å². The normalized spacial score (nSPS) is 25.0. The van der Waals surface area contributed by atoms with Crippen molar-refractivity contribution in [2.75, 3.05) is 0 Å². The Bertz CT molecular complexity index is 774. The van der Waals surface area contributed by atoms with E-state index in [1.807, 2.05) is 4.90 Å². The van der Waals surface area contributed by atoms with E-state index < -0.39 is 0 Å². The van der Waals surface area contributed by atoms with Crippen LogP contribution >= 0.6 is 0 Å². The zero-order valence-corrected chi connectivity index (χ0v) is 14.1. The van der Waals surface area contributed by atoms with Crippen LogP contribution in [0.1, 0.15) is 46.5 Å². The van der Waals surface area contributed by atoms with Crippen molar-refractivity contribution in [1.82, 2.24) is 25.0 Å². The van der Waals surface area contributed by atoms with Crippen molar-refractivity contribution >= 4 is 11.8 Å². The molecule has 7 nitrogen and oxygen atoms in total. The first-order chi connectivity index (χ1) is 12.1. The van der Waals surface area contributed by atoms with Gasteiger partial charge in [-0.3, -0.25) is 19.3 Å². The highest BCUT2D eigenvalue weighted by atomic mass is 16.2. The minimum atomic E-state index is -0.0711. The molecule has 7 heteroatoms. The number of aryl methyl sites for hydroxylation is 1. The van der Waals surface area contributed by atoms with Crippen molar-refractivity contribution in [3.8, 4) is 0 Å². The second-order valence-corrected chi connectivity index (χ2v) is 6.82. The number of nitrogens with zero attached hydrogens (tertiary/aromatic N) is 4. The predicted octanol–water partition coefficient (Wildman–Crippen LogP) is 1.38. The van der Waals surface area contributed by atoms with Gasteiger partial charge in [0.15, 0.2) is 0 Å². The molecule has 2 aromatic heterocycles. The van der Waals surface area contributed by atoms with Gasteiger partial charge in [-0.15, -0.1) is 0 Å². The van der Waals surface area contributed by atoms with Crippen LogP contribution in [0.3, 0.4) is 0 Å². The first-order valence-corrected chi connectivity index (χ1v) is 8.65. The monoisotopic (exact) mass is 339 g/mol. The maximum absolute atomic E-state index is 12.9. The lowest BCUT2D eigenvalue weighted by atomic mass is 9.96. The minimum Gasteiger partial charge on any atom is -0.349 e. The van der Waals surface area contributed by atoms with Crippen LogP contribution in [0.4, 0.5) is 0 Å². The molecule has 0 radical (unpaired) electrons. The van der Waals surface area contributed by atoms with Crippen molar-refractivity contribution < 1.29 is 9.59 Å². The Morgan fingerprint density at radius 1 is 1.08 bits per heavy atom. The second-order valence-electron chi connectivity index (χ2n) is 6.82. The molecule has 3 atom stereocenters. The fraction of sp³-hybridized carbons (Fsp3) is 0.444. The Hall–Kier alpha value is -2.70. The highest BCUT2D eigenvalue weighted by Crippen LogP contribution is 2.36. The van der Waals surface area contributed by atoms with Gasteiger partial charge in [0.05, 0.1) is 0 Å². The van der Waals surface area contributed by atoms with Crippen LogP contribution in [-0.2, 0) is 7.05 Å². The zero-order chi connectivity index (χ0) is 17.4. The van der Waals surface area contributed by atoms with Crippen LogP contribution in [-0.4, -0.2) is 49.6 Å². The van der Waals surface area contributed by atoms with Crippen molar-refractivity contribution in [2.45, 2.75) is 43.8 Å². The Balaban J connectivity index is 1.44. The molecule has 0 aromatic carbocycles. The SMILES string of the molecule is Cn1nccc1C(=O)N1[C@@H]2CC[C@H]1CC(NC(=O)c1ccncc1)C2. The topological polar surface area (TPSA) is 80.1 Å². The highest BCUT2D eigenvalue weighted by molar-refractivity contribution is 5.94. The molecule has 130 valence electrons. The zero-order valence-electron chi connectivity index (χ0n) is 14.1.